The molecule has 4 rings (SSSR count). The first-order valence-electron chi connectivity index (χ1n) is 8.28. The Morgan fingerprint density at radius 1 is 1.21 bits per heavy atom. The van der Waals surface area contributed by atoms with E-state index in [-0.39, 0.29) is 10.8 Å². The topological polar surface area (TPSA) is 83.5 Å². The van der Waals surface area contributed by atoms with Gasteiger partial charge in [-0.3, -0.25) is 14.6 Å². The van der Waals surface area contributed by atoms with Crippen molar-refractivity contribution in [3.63, 3.8) is 0 Å². The lowest BCUT2D eigenvalue weighted by molar-refractivity contribution is -0.114. The number of aromatic nitrogens is 1. The van der Waals surface area contributed by atoms with E-state index in [0.717, 1.165) is 22.2 Å². The lowest BCUT2D eigenvalue weighted by Crippen LogP contribution is -2.30. The molecule has 8 heteroatoms. The maximum atomic E-state index is 12.4. The molecule has 0 spiro atoms. The van der Waals surface area contributed by atoms with Crippen molar-refractivity contribution in [1.29, 1.82) is 0 Å². The van der Waals surface area contributed by atoms with Gasteiger partial charge in [-0.15, -0.1) is 0 Å². The van der Waals surface area contributed by atoms with Crippen LogP contribution >= 0.6 is 22.9 Å². The summed E-state index contributed by atoms with van der Waals surface area (Å²) in [6.45, 7) is 0. The molecule has 1 aliphatic rings. The van der Waals surface area contributed by atoms with Crippen LogP contribution in [0, 0.1) is 0 Å². The number of H-pyrrole nitrogens is 1. The molecule has 0 fully saturated rings. The summed E-state index contributed by atoms with van der Waals surface area (Å²) in [6.07, 6.45) is 3.38. The number of carbonyl (C=O) groups excluding carboxylic acids is 1. The Morgan fingerprint density at radius 3 is 2.86 bits per heavy atom. The molecule has 0 saturated carbocycles. The third-order valence-corrected chi connectivity index (χ3v) is 5.14. The molecule has 0 radical (unpaired) electrons. The molecule has 0 unspecified atom stereocenters. The molecule has 2 heterocycles. The monoisotopic (exact) mass is 411 g/mol. The number of carbonyl (C=O) groups is 1. The fourth-order valence-corrected chi connectivity index (χ4v) is 3.70. The normalized spacial score (nSPS) is 14.2. The molecule has 2 N–H and O–H groups in total. The highest BCUT2D eigenvalue weighted by molar-refractivity contribution is 7.10. The number of benzene rings is 2. The van der Waals surface area contributed by atoms with Crippen LogP contribution in [-0.4, -0.2) is 18.0 Å². The lowest BCUT2D eigenvalue weighted by Gasteiger charge is -2.07. The van der Waals surface area contributed by atoms with Crippen molar-refractivity contribution in [2.45, 2.75) is 0 Å². The van der Waals surface area contributed by atoms with Crippen molar-refractivity contribution < 1.29 is 9.53 Å². The Morgan fingerprint density at radius 2 is 2.07 bits per heavy atom. The summed E-state index contributed by atoms with van der Waals surface area (Å²) in [6, 6.07) is 12.4. The minimum atomic E-state index is -0.368. The van der Waals surface area contributed by atoms with Crippen LogP contribution in [0.15, 0.2) is 57.8 Å². The predicted octanol–water partition coefficient (Wildman–Crippen LogP) is 2.87. The van der Waals surface area contributed by atoms with Gasteiger partial charge in [0.05, 0.1) is 17.3 Å². The number of hydrogen-bond acceptors (Lipinski definition) is 5. The van der Waals surface area contributed by atoms with E-state index < -0.39 is 0 Å². The Balaban J connectivity index is 1.75. The number of amides is 1. The van der Waals surface area contributed by atoms with Crippen LogP contribution in [0.3, 0.4) is 0 Å². The Labute approximate surface area is 168 Å². The molecule has 1 amide bonds. The number of anilines is 2. The second-order valence-electron chi connectivity index (χ2n) is 5.97. The number of nitrogens with one attached hydrogen (secondary N) is 2. The molecule has 0 saturated heterocycles. The van der Waals surface area contributed by atoms with Crippen LogP contribution in [0.5, 0.6) is 5.75 Å². The third kappa shape index (κ3) is 3.76. The van der Waals surface area contributed by atoms with Crippen molar-refractivity contribution in [3.8, 4) is 5.75 Å². The molecule has 140 valence electrons. The van der Waals surface area contributed by atoms with E-state index in [1.165, 1.54) is 0 Å². The van der Waals surface area contributed by atoms with Crippen molar-refractivity contribution in [2.75, 3.05) is 12.4 Å². The van der Waals surface area contributed by atoms with E-state index >= 15 is 0 Å². The van der Waals surface area contributed by atoms with Crippen molar-refractivity contribution >= 4 is 52.5 Å². The van der Waals surface area contributed by atoms with Crippen molar-refractivity contribution in [3.05, 3.63) is 78.2 Å². The number of aromatic amines is 1. The zero-order chi connectivity index (χ0) is 19.7. The summed E-state index contributed by atoms with van der Waals surface area (Å²) in [5.74, 6) is 0.795. The molecule has 2 aromatic carbocycles. The highest BCUT2D eigenvalue weighted by atomic mass is 35.5. The van der Waals surface area contributed by atoms with Crippen LogP contribution in [0.2, 0.25) is 5.02 Å². The summed E-state index contributed by atoms with van der Waals surface area (Å²) >= 11 is 7.01. The quantitative estimate of drug-likeness (QED) is 0.646. The molecule has 1 aromatic heterocycles. The smallest absolute Gasteiger partial charge is 0.306 e. The van der Waals surface area contributed by atoms with Gasteiger partial charge in [0.15, 0.2) is 0 Å². The first kappa shape index (κ1) is 18.2. The van der Waals surface area contributed by atoms with Gasteiger partial charge in [0.1, 0.15) is 11.6 Å². The van der Waals surface area contributed by atoms with Crippen LogP contribution in [0.25, 0.3) is 12.2 Å². The highest BCUT2D eigenvalue weighted by Gasteiger charge is 2.14. The number of fused-ring (bicyclic) bond motifs is 1. The number of methoxy groups -OCH3 is 1. The van der Waals surface area contributed by atoms with Gasteiger partial charge in [0.25, 0.3) is 5.91 Å². The standard InChI is InChI=1S/C20H14ClN3O3S/c1-27-15-5-6-16-11(8-15)7-12(19(25)23-16)9-17-18(24-20(26)28-17)22-14-4-2-3-13(21)10-14/h2-10,22H,1H3,(H,24,26)/b12-9-. The van der Waals surface area contributed by atoms with Gasteiger partial charge in [-0.25, -0.2) is 4.99 Å². The largest absolute Gasteiger partial charge is 0.497 e. The second-order valence-corrected chi connectivity index (χ2v) is 7.43. The van der Waals surface area contributed by atoms with Crippen LogP contribution < -0.4 is 25.5 Å². The average Bonchev–Trinajstić information content (AvgIpc) is 3.01. The molecule has 1 aliphatic heterocycles. The van der Waals surface area contributed by atoms with E-state index in [4.69, 9.17) is 16.3 Å². The van der Waals surface area contributed by atoms with Gasteiger partial charge in [0.2, 0.25) is 0 Å². The fraction of sp³-hybridized carbons (Fsp3) is 0.0500. The Kier molecular flexibility index (Phi) is 4.85. The number of ether oxygens (including phenoxy) is 1. The molecule has 0 atom stereocenters. The van der Waals surface area contributed by atoms with E-state index in [0.29, 0.717) is 32.4 Å². The fourth-order valence-electron chi connectivity index (χ4n) is 2.77. The van der Waals surface area contributed by atoms with E-state index in [2.05, 4.69) is 15.3 Å². The molecule has 0 aliphatic carbocycles. The Hall–Kier alpha value is -3.16. The second kappa shape index (κ2) is 7.46. The van der Waals surface area contributed by atoms with E-state index in [1.807, 2.05) is 12.1 Å². The number of hydrogen-bond donors (Lipinski definition) is 2. The maximum Gasteiger partial charge on any atom is 0.306 e. The van der Waals surface area contributed by atoms with Gasteiger partial charge in [-0.05, 0) is 48.6 Å². The van der Waals surface area contributed by atoms with Crippen molar-refractivity contribution in [1.82, 2.24) is 4.98 Å². The predicted molar refractivity (Wildman–Crippen MR) is 111 cm³/mol. The van der Waals surface area contributed by atoms with Gasteiger partial charge >= 0.3 is 4.87 Å². The number of rotatable bonds is 4. The van der Waals surface area contributed by atoms with Gasteiger partial charge in [-0.2, -0.15) is 0 Å². The lowest BCUT2D eigenvalue weighted by atomic mass is 10.1. The molecular weight excluding hydrogens is 398 g/mol. The number of nitrogens with zero attached hydrogens (tertiary/aromatic N) is 1. The first-order chi connectivity index (χ1) is 13.5. The number of halogens is 1. The molecule has 0 bridgehead atoms. The van der Waals surface area contributed by atoms with Crippen LogP contribution in [0.1, 0.15) is 4.88 Å². The van der Waals surface area contributed by atoms with Crippen LogP contribution in [0.4, 0.5) is 11.5 Å². The van der Waals surface area contributed by atoms with E-state index in [9.17, 15) is 9.59 Å². The summed E-state index contributed by atoms with van der Waals surface area (Å²) in [4.78, 5) is 31.5. The summed E-state index contributed by atoms with van der Waals surface area (Å²) < 4.78 is 5.23. The molecule has 28 heavy (non-hydrogen) atoms. The zero-order valence-electron chi connectivity index (χ0n) is 14.7. The van der Waals surface area contributed by atoms with Gasteiger partial charge in [-0.1, -0.05) is 29.0 Å². The zero-order valence-corrected chi connectivity index (χ0v) is 16.2. The third-order valence-electron chi connectivity index (χ3n) is 4.07. The minimum absolute atomic E-state index is 0.237. The number of thiazole rings is 1. The molecule has 3 aromatic rings. The summed E-state index contributed by atoms with van der Waals surface area (Å²) in [5.41, 5.74) is 1.10. The molecular formula is C20H14ClN3O3S. The summed E-state index contributed by atoms with van der Waals surface area (Å²) in [7, 11) is 1.58. The molecule has 6 nitrogen and oxygen atoms in total. The summed E-state index contributed by atoms with van der Waals surface area (Å²) in [5, 5.41) is 5.06. The first-order valence-corrected chi connectivity index (χ1v) is 9.47. The average molecular weight is 412 g/mol. The van der Waals surface area contributed by atoms with Crippen molar-refractivity contribution in [2.24, 2.45) is 4.99 Å². The van der Waals surface area contributed by atoms with Crippen LogP contribution in [-0.2, 0) is 4.79 Å². The maximum absolute atomic E-state index is 12.4. The van der Waals surface area contributed by atoms with Gasteiger partial charge in [0, 0.05) is 21.5 Å². The minimum Gasteiger partial charge on any atom is -0.497 e. The van der Waals surface area contributed by atoms with E-state index in [1.54, 1.807) is 49.6 Å². The highest BCUT2D eigenvalue weighted by Crippen LogP contribution is 2.25. The SMILES string of the molecule is COc1ccc2c(c1)=C/C(=C/c1sc(=O)[nH]c1Nc1cccc(Cl)c1)C(=O)N=2. The van der Waals surface area contributed by atoms with Gasteiger partial charge < -0.3 is 10.1 Å². The Bertz CT molecular complexity index is 1290.